The van der Waals surface area contributed by atoms with Crippen molar-refractivity contribution in [3.05, 3.63) is 24.2 Å². The zero-order valence-corrected chi connectivity index (χ0v) is 11.9. The van der Waals surface area contributed by atoms with Crippen molar-refractivity contribution in [1.29, 1.82) is 0 Å². The summed E-state index contributed by atoms with van der Waals surface area (Å²) >= 11 is 0. The van der Waals surface area contributed by atoms with E-state index in [0.29, 0.717) is 18.2 Å². The molecule has 0 radical (unpaired) electrons. The molecule has 2 atom stereocenters. The lowest BCUT2D eigenvalue weighted by Gasteiger charge is -2.32. The van der Waals surface area contributed by atoms with Gasteiger partial charge in [-0.15, -0.1) is 0 Å². The van der Waals surface area contributed by atoms with E-state index in [9.17, 15) is 9.59 Å². The summed E-state index contributed by atoms with van der Waals surface area (Å²) in [5.74, 6) is 0.931. The van der Waals surface area contributed by atoms with Gasteiger partial charge in [-0.2, -0.15) is 0 Å². The van der Waals surface area contributed by atoms with E-state index in [1.165, 1.54) is 6.26 Å². The number of amides is 2. The van der Waals surface area contributed by atoms with Crippen LogP contribution in [-0.4, -0.2) is 47.3 Å². The van der Waals surface area contributed by atoms with E-state index < -0.39 is 0 Å². The van der Waals surface area contributed by atoms with E-state index in [1.54, 1.807) is 12.1 Å². The van der Waals surface area contributed by atoms with Gasteiger partial charge in [0.2, 0.25) is 5.91 Å². The Kier molecular flexibility index (Phi) is 3.28. The zero-order chi connectivity index (χ0) is 14.3. The molecule has 5 nitrogen and oxygen atoms in total. The molecule has 1 aromatic heterocycles. The number of carbonyl (C=O) groups excluding carboxylic acids is 2. The third-order valence-electron chi connectivity index (χ3n) is 4.21. The highest BCUT2D eigenvalue weighted by Crippen LogP contribution is 2.31. The quantitative estimate of drug-likeness (QED) is 0.824. The first-order valence-electron chi connectivity index (χ1n) is 7.19. The first-order chi connectivity index (χ1) is 9.56. The van der Waals surface area contributed by atoms with Crippen LogP contribution in [0, 0.1) is 11.8 Å². The number of hydrogen-bond acceptors (Lipinski definition) is 3. The molecule has 3 rings (SSSR count). The van der Waals surface area contributed by atoms with E-state index in [1.807, 2.05) is 23.6 Å². The highest BCUT2D eigenvalue weighted by Gasteiger charge is 2.42. The highest BCUT2D eigenvalue weighted by molar-refractivity contribution is 5.91. The van der Waals surface area contributed by atoms with Crippen LogP contribution in [-0.2, 0) is 4.79 Å². The summed E-state index contributed by atoms with van der Waals surface area (Å²) in [7, 11) is 0. The molecule has 2 aliphatic heterocycles. The maximum atomic E-state index is 12.3. The van der Waals surface area contributed by atoms with Crippen LogP contribution in [0.3, 0.4) is 0 Å². The average Bonchev–Trinajstić information content (AvgIpc) is 3.05. The van der Waals surface area contributed by atoms with Gasteiger partial charge in [0.1, 0.15) is 0 Å². The van der Waals surface area contributed by atoms with Gasteiger partial charge in [0.25, 0.3) is 5.91 Å². The van der Waals surface area contributed by atoms with Crippen LogP contribution in [0.5, 0.6) is 0 Å². The lowest BCUT2D eigenvalue weighted by atomic mass is 9.99. The second-order valence-corrected chi connectivity index (χ2v) is 6.09. The first-order valence-corrected chi connectivity index (χ1v) is 7.19. The Labute approximate surface area is 118 Å². The molecule has 2 fully saturated rings. The molecule has 0 N–H and O–H groups in total. The number of furan rings is 1. The van der Waals surface area contributed by atoms with Crippen molar-refractivity contribution in [2.24, 2.45) is 11.8 Å². The number of piperidine rings is 1. The summed E-state index contributed by atoms with van der Waals surface area (Å²) in [6.07, 6.45) is 2.53. The van der Waals surface area contributed by atoms with Crippen LogP contribution in [0.2, 0.25) is 0 Å². The Morgan fingerprint density at radius 2 is 2.10 bits per heavy atom. The maximum absolute atomic E-state index is 12.3. The van der Waals surface area contributed by atoms with Crippen molar-refractivity contribution in [3.8, 4) is 0 Å². The van der Waals surface area contributed by atoms with Crippen LogP contribution in [0.1, 0.15) is 30.8 Å². The van der Waals surface area contributed by atoms with Crippen LogP contribution in [0.15, 0.2) is 22.8 Å². The Morgan fingerprint density at radius 1 is 1.30 bits per heavy atom. The molecule has 108 valence electrons. The molecular weight excluding hydrogens is 256 g/mol. The predicted molar refractivity (Wildman–Crippen MR) is 73.1 cm³/mol. The Balaban J connectivity index is 1.72. The van der Waals surface area contributed by atoms with Crippen molar-refractivity contribution in [2.45, 2.75) is 26.3 Å². The lowest BCUT2D eigenvalue weighted by molar-refractivity contribution is -0.135. The monoisotopic (exact) mass is 276 g/mol. The molecule has 0 aliphatic carbocycles. The minimum atomic E-state index is -0.0662. The highest BCUT2D eigenvalue weighted by atomic mass is 16.3. The second-order valence-electron chi connectivity index (χ2n) is 6.09. The summed E-state index contributed by atoms with van der Waals surface area (Å²) in [4.78, 5) is 28.3. The molecule has 1 aromatic rings. The number of nitrogens with zero attached hydrogens (tertiary/aromatic N) is 2. The summed E-state index contributed by atoms with van der Waals surface area (Å²) in [5.41, 5.74) is 0. The molecule has 0 unspecified atom stereocenters. The van der Waals surface area contributed by atoms with Crippen LogP contribution in [0.4, 0.5) is 0 Å². The molecular formula is C15H20N2O3. The van der Waals surface area contributed by atoms with E-state index in [4.69, 9.17) is 4.42 Å². The smallest absolute Gasteiger partial charge is 0.289 e. The van der Waals surface area contributed by atoms with Crippen molar-refractivity contribution in [3.63, 3.8) is 0 Å². The van der Waals surface area contributed by atoms with E-state index in [2.05, 4.69) is 0 Å². The predicted octanol–water partition coefficient (Wildman–Crippen LogP) is 1.61. The maximum Gasteiger partial charge on any atom is 0.289 e. The van der Waals surface area contributed by atoms with E-state index in [0.717, 1.165) is 19.5 Å². The van der Waals surface area contributed by atoms with E-state index in [-0.39, 0.29) is 23.8 Å². The molecule has 2 aliphatic rings. The molecule has 2 amide bonds. The largest absolute Gasteiger partial charge is 0.459 e. The second kappa shape index (κ2) is 4.96. The summed E-state index contributed by atoms with van der Waals surface area (Å²) < 4.78 is 5.18. The summed E-state index contributed by atoms with van der Waals surface area (Å²) in [6.45, 7) is 5.97. The van der Waals surface area contributed by atoms with E-state index >= 15 is 0 Å². The Bertz CT molecular complexity index is 509. The SMILES string of the molecule is CC(C)C(=O)N1C[C@H]2C[C@H]1CN(C(=O)c1ccco1)C2. The lowest BCUT2D eigenvalue weighted by Crippen LogP contribution is -2.47. The normalized spacial score (nSPS) is 25.4. The minimum Gasteiger partial charge on any atom is -0.459 e. The topological polar surface area (TPSA) is 53.8 Å². The van der Waals surface area contributed by atoms with Crippen molar-refractivity contribution >= 4 is 11.8 Å². The summed E-state index contributed by atoms with van der Waals surface area (Å²) in [5, 5.41) is 0. The molecule has 2 saturated heterocycles. The number of hydrogen-bond donors (Lipinski definition) is 0. The van der Waals surface area contributed by atoms with Gasteiger partial charge in [-0.25, -0.2) is 0 Å². The number of likely N-dealkylation sites (tertiary alicyclic amines) is 2. The van der Waals surface area contributed by atoms with Gasteiger partial charge in [0.05, 0.1) is 6.26 Å². The fraction of sp³-hybridized carbons (Fsp3) is 0.600. The average molecular weight is 276 g/mol. The third-order valence-corrected chi connectivity index (χ3v) is 4.21. The fourth-order valence-corrected chi connectivity index (χ4v) is 3.28. The van der Waals surface area contributed by atoms with Gasteiger partial charge >= 0.3 is 0 Å². The van der Waals surface area contributed by atoms with Gasteiger partial charge in [-0.3, -0.25) is 9.59 Å². The number of fused-ring (bicyclic) bond motifs is 2. The van der Waals surface area contributed by atoms with Crippen LogP contribution in [0.25, 0.3) is 0 Å². The Hall–Kier alpha value is -1.78. The van der Waals surface area contributed by atoms with Crippen molar-refractivity contribution in [1.82, 2.24) is 9.80 Å². The molecule has 20 heavy (non-hydrogen) atoms. The molecule has 0 spiro atoms. The summed E-state index contributed by atoms with van der Waals surface area (Å²) in [6, 6.07) is 3.58. The molecule has 3 heterocycles. The molecule has 2 bridgehead atoms. The molecule has 0 aromatic carbocycles. The van der Waals surface area contributed by atoms with Crippen LogP contribution < -0.4 is 0 Å². The third kappa shape index (κ3) is 2.21. The zero-order valence-electron chi connectivity index (χ0n) is 11.9. The fourth-order valence-electron chi connectivity index (χ4n) is 3.28. The first kappa shape index (κ1) is 13.2. The van der Waals surface area contributed by atoms with Crippen molar-refractivity contribution < 1.29 is 14.0 Å². The number of rotatable bonds is 2. The molecule has 5 heteroatoms. The van der Waals surface area contributed by atoms with Gasteiger partial charge in [0.15, 0.2) is 5.76 Å². The van der Waals surface area contributed by atoms with Crippen LogP contribution >= 0.6 is 0 Å². The number of carbonyl (C=O) groups is 2. The Morgan fingerprint density at radius 3 is 2.75 bits per heavy atom. The van der Waals surface area contributed by atoms with Gasteiger partial charge in [-0.05, 0) is 24.5 Å². The van der Waals surface area contributed by atoms with Gasteiger partial charge < -0.3 is 14.2 Å². The molecule has 0 saturated carbocycles. The van der Waals surface area contributed by atoms with Crippen molar-refractivity contribution in [2.75, 3.05) is 19.6 Å². The minimum absolute atomic E-state index is 0.0172. The van der Waals surface area contributed by atoms with Gasteiger partial charge in [-0.1, -0.05) is 13.8 Å². The van der Waals surface area contributed by atoms with Gasteiger partial charge in [0, 0.05) is 31.6 Å². The standard InChI is InChI=1S/C15H20N2O3/c1-10(2)14(18)17-8-11-6-12(17)9-16(7-11)15(19)13-4-3-5-20-13/h3-5,10-12H,6-9H2,1-2H3/t11-,12-/m0/s1.